The second kappa shape index (κ2) is 8.72. The molecule has 1 unspecified atom stereocenters. The van der Waals surface area contributed by atoms with Gasteiger partial charge in [-0.3, -0.25) is 9.69 Å². The molecule has 1 aliphatic heterocycles. The largest absolute Gasteiger partial charge is 0.497 e. The molecule has 2 aromatic carbocycles. The van der Waals surface area contributed by atoms with Gasteiger partial charge in [-0.2, -0.15) is 0 Å². The van der Waals surface area contributed by atoms with Gasteiger partial charge in [0.05, 0.1) is 19.8 Å². The van der Waals surface area contributed by atoms with Crippen LogP contribution in [0.1, 0.15) is 25.3 Å². The summed E-state index contributed by atoms with van der Waals surface area (Å²) < 4.78 is 5.27. The fourth-order valence-corrected chi connectivity index (χ4v) is 3.77. The number of ether oxygens (including phenoxy) is 1. The number of carbonyl (C=O) groups excluding carboxylic acids is 1. The van der Waals surface area contributed by atoms with E-state index < -0.39 is 0 Å². The lowest BCUT2D eigenvalue weighted by molar-refractivity contribution is -0.132. The first-order valence-electron chi connectivity index (χ1n) is 9.67. The zero-order valence-corrected chi connectivity index (χ0v) is 16.5. The van der Waals surface area contributed by atoms with Crippen LogP contribution in [-0.4, -0.2) is 60.7 Å². The molecule has 1 aliphatic rings. The standard InChI is InChI=1S/C22H30N2O3/c1-16(25)18-8-10-24(11-9-18)15-22(26)23(2)14-17-4-5-20-13-21(27-3)7-6-19(20)12-17/h4-7,12-13,16,18,25H,8-11,14-15H2,1-3H3. The smallest absolute Gasteiger partial charge is 0.236 e. The number of hydrogen-bond acceptors (Lipinski definition) is 4. The van der Waals surface area contributed by atoms with Gasteiger partial charge in [-0.25, -0.2) is 0 Å². The minimum absolute atomic E-state index is 0.139. The number of carbonyl (C=O) groups is 1. The van der Waals surface area contributed by atoms with Crippen LogP contribution in [-0.2, 0) is 11.3 Å². The highest BCUT2D eigenvalue weighted by Crippen LogP contribution is 2.23. The first-order chi connectivity index (χ1) is 13.0. The van der Waals surface area contributed by atoms with Gasteiger partial charge in [0, 0.05) is 13.6 Å². The highest BCUT2D eigenvalue weighted by molar-refractivity contribution is 5.84. The van der Waals surface area contributed by atoms with Crippen molar-refractivity contribution in [3.05, 3.63) is 42.0 Å². The molecule has 0 aliphatic carbocycles. The summed E-state index contributed by atoms with van der Waals surface area (Å²) in [6.07, 6.45) is 1.67. The van der Waals surface area contributed by atoms with Crippen LogP contribution in [0.3, 0.4) is 0 Å². The maximum Gasteiger partial charge on any atom is 0.236 e. The van der Waals surface area contributed by atoms with Crippen molar-refractivity contribution in [2.75, 3.05) is 33.8 Å². The molecule has 5 heteroatoms. The molecule has 1 saturated heterocycles. The molecule has 0 spiro atoms. The molecule has 0 bridgehead atoms. The Bertz CT molecular complexity index is 782. The van der Waals surface area contributed by atoms with E-state index in [1.54, 1.807) is 12.0 Å². The number of rotatable bonds is 6. The highest BCUT2D eigenvalue weighted by Gasteiger charge is 2.24. The number of amides is 1. The number of aliphatic hydroxyl groups excluding tert-OH is 1. The van der Waals surface area contributed by atoms with Crippen LogP contribution < -0.4 is 4.74 Å². The van der Waals surface area contributed by atoms with E-state index in [1.165, 1.54) is 0 Å². The molecule has 3 rings (SSSR count). The van der Waals surface area contributed by atoms with Crippen LogP contribution in [0, 0.1) is 5.92 Å². The maximum absolute atomic E-state index is 12.6. The van der Waals surface area contributed by atoms with Crippen molar-refractivity contribution in [2.24, 2.45) is 5.92 Å². The molecule has 1 atom stereocenters. The van der Waals surface area contributed by atoms with Crippen LogP contribution in [0.2, 0.25) is 0 Å². The third-order valence-corrected chi connectivity index (χ3v) is 5.63. The summed E-state index contributed by atoms with van der Waals surface area (Å²) in [6, 6.07) is 12.3. The Labute approximate surface area is 161 Å². The minimum atomic E-state index is -0.251. The Morgan fingerprint density at radius 3 is 2.56 bits per heavy atom. The Morgan fingerprint density at radius 2 is 1.89 bits per heavy atom. The Morgan fingerprint density at radius 1 is 1.22 bits per heavy atom. The Kier molecular flexibility index (Phi) is 6.34. The quantitative estimate of drug-likeness (QED) is 0.850. The molecule has 0 saturated carbocycles. The average molecular weight is 370 g/mol. The van der Waals surface area contributed by atoms with Gasteiger partial charge >= 0.3 is 0 Å². The van der Waals surface area contributed by atoms with Crippen molar-refractivity contribution in [3.63, 3.8) is 0 Å². The van der Waals surface area contributed by atoms with Crippen molar-refractivity contribution >= 4 is 16.7 Å². The van der Waals surface area contributed by atoms with Gasteiger partial charge in [0.15, 0.2) is 0 Å². The molecule has 146 valence electrons. The van der Waals surface area contributed by atoms with Gasteiger partial charge in [0.1, 0.15) is 5.75 Å². The number of likely N-dealkylation sites (N-methyl/N-ethyl adjacent to an activating group) is 1. The molecule has 1 amide bonds. The highest BCUT2D eigenvalue weighted by atomic mass is 16.5. The molecule has 1 heterocycles. The second-order valence-corrected chi connectivity index (χ2v) is 7.65. The molecule has 5 nitrogen and oxygen atoms in total. The van der Waals surface area contributed by atoms with E-state index in [4.69, 9.17) is 4.74 Å². The molecule has 1 fully saturated rings. The first-order valence-corrected chi connectivity index (χ1v) is 9.67. The van der Waals surface area contributed by atoms with Crippen LogP contribution >= 0.6 is 0 Å². The molecule has 0 radical (unpaired) electrons. The number of fused-ring (bicyclic) bond motifs is 1. The van der Waals surface area contributed by atoms with Gasteiger partial charge in [-0.1, -0.05) is 18.2 Å². The average Bonchev–Trinajstić information content (AvgIpc) is 2.67. The van der Waals surface area contributed by atoms with Crippen LogP contribution in [0.5, 0.6) is 5.75 Å². The first kappa shape index (κ1) is 19.6. The number of methoxy groups -OCH3 is 1. The zero-order valence-electron chi connectivity index (χ0n) is 16.5. The van der Waals surface area contributed by atoms with Gasteiger partial charge < -0.3 is 14.7 Å². The van der Waals surface area contributed by atoms with E-state index in [1.807, 2.05) is 32.2 Å². The minimum Gasteiger partial charge on any atom is -0.497 e. The fourth-order valence-electron chi connectivity index (χ4n) is 3.77. The summed E-state index contributed by atoms with van der Waals surface area (Å²) in [5, 5.41) is 12.0. The molecular formula is C22H30N2O3. The van der Waals surface area contributed by atoms with E-state index in [2.05, 4.69) is 23.1 Å². The third kappa shape index (κ3) is 4.99. The lowest BCUT2D eigenvalue weighted by atomic mass is 9.92. The normalized spacial score (nSPS) is 17.0. The van der Waals surface area contributed by atoms with E-state index in [0.29, 0.717) is 19.0 Å². The lowest BCUT2D eigenvalue weighted by Crippen LogP contribution is -2.43. The van der Waals surface area contributed by atoms with Crippen LogP contribution in [0.15, 0.2) is 36.4 Å². The van der Waals surface area contributed by atoms with Crippen molar-refractivity contribution in [2.45, 2.75) is 32.4 Å². The number of likely N-dealkylation sites (tertiary alicyclic amines) is 1. The SMILES string of the molecule is COc1ccc2cc(CN(C)C(=O)CN3CCC(C(C)O)CC3)ccc2c1. The number of benzene rings is 2. The molecule has 0 aromatic heterocycles. The van der Waals surface area contributed by atoms with Crippen molar-refractivity contribution < 1.29 is 14.6 Å². The van der Waals surface area contributed by atoms with Gasteiger partial charge in [0.2, 0.25) is 5.91 Å². The number of nitrogens with zero attached hydrogens (tertiary/aromatic N) is 2. The van der Waals surface area contributed by atoms with Crippen molar-refractivity contribution in [3.8, 4) is 5.75 Å². The van der Waals surface area contributed by atoms with E-state index in [-0.39, 0.29) is 12.0 Å². The van der Waals surface area contributed by atoms with Crippen molar-refractivity contribution in [1.29, 1.82) is 0 Å². The van der Waals surface area contributed by atoms with Crippen molar-refractivity contribution in [1.82, 2.24) is 9.80 Å². The predicted octanol–water partition coefficient (Wildman–Crippen LogP) is 2.90. The number of hydrogen-bond donors (Lipinski definition) is 1. The molecule has 27 heavy (non-hydrogen) atoms. The Balaban J connectivity index is 1.56. The second-order valence-electron chi connectivity index (χ2n) is 7.65. The molecule has 1 N–H and O–H groups in total. The third-order valence-electron chi connectivity index (χ3n) is 5.63. The van der Waals surface area contributed by atoms with E-state index >= 15 is 0 Å². The number of piperidine rings is 1. The predicted molar refractivity (Wildman–Crippen MR) is 108 cm³/mol. The monoisotopic (exact) mass is 370 g/mol. The van der Waals surface area contributed by atoms with Gasteiger partial charge in [-0.05, 0) is 73.3 Å². The summed E-state index contributed by atoms with van der Waals surface area (Å²) in [5.74, 6) is 1.35. The summed E-state index contributed by atoms with van der Waals surface area (Å²) in [4.78, 5) is 16.6. The topological polar surface area (TPSA) is 53.0 Å². The molecule has 2 aromatic rings. The number of aliphatic hydroxyl groups is 1. The summed E-state index contributed by atoms with van der Waals surface area (Å²) >= 11 is 0. The van der Waals surface area contributed by atoms with Gasteiger partial charge in [0.25, 0.3) is 0 Å². The summed E-state index contributed by atoms with van der Waals surface area (Å²) in [5.41, 5.74) is 1.12. The van der Waals surface area contributed by atoms with Crippen LogP contribution in [0.4, 0.5) is 0 Å². The summed E-state index contributed by atoms with van der Waals surface area (Å²) in [6.45, 7) is 4.68. The van der Waals surface area contributed by atoms with Crippen LogP contribution in [0.25, 0.3) is 10.8 Å². The Hall–Kier alpha value is -2.11. The maximum atomic E-state index is 12.6. The van der Waals surface area contributed by atoms with Gasteiger partial charge in [-0.15, -0.1) is 0 Å². The molecular weight excluding hydrogens is 340 g/mol. The lowest BCUT2D eigenvalue weighted by Gasteiger charge is -2.33. The van der Waals surface area contributed by atoms with E-state index in [0.717, 1.165) is 48.0 Å². The van der Waals surface area contributed by atoms with E-state index in [9.17, 15) is 9.90 Å². The summed E-state index contributed by atoms with van der Waals surface area (Å²) in [7, 11) is 3.53. The zero-order chi connectivity index (χ0) is 19.4. The fraction of sp³-hybridized carbons (Fsp3) is 0.500.